The fourth-order valence-corrected chi connectivity index (χ4v) is 1.70. The van der Waals surface area contributed by atoms with E-state index >= 15 is 0 Å². The fourth-order valence-electron chi connectivity index (χ4n) is 1.20. The van der Waals surface area contributed by atoms with Gasteiger partial charge in [0.15, 0.2) is 0 Å². The molecule has 0 amide bonds. The lowest BCUT2D eigenvalue weighted by Crippen LogP contribution is -2.04. The van der Waals surface area contributed by atoms with Gasteiger partial charge in [-0.15, -0.1) is 0 Å². The van der Waals surface area contributed by atoms with Crippen molar-refractivity contribution in [3.63, 3.8) is 0 Å². The Hall–Kier alpha value is -1.26. The average molecular weight is 298 g/mol. The summed E-state index contributed by atoms with van der Waals surface area (Å²) in [6.07, 6.45) is 4.44. The second kappa shape index (κ2) is 4.72. The van der Waals surface area contributed by atoms with Gasteiger partial charge in [-0.2, -0.15) is 0 Å². The van der Waals surface area contributed by atoms with Gasteiger partial charge in [0.2, 0.25) is 5.78 Å². The molecule has 0 atom stereocenters. The molecule has 1 aromatic heterocycles. The number of nitrogens with zero attached hydrogens (tertiary/aromatic N) is 2. The summed E-state index contributed by atoms with van der Waals surface area (Å²) in [6.45, 7) is 0. The van der Waals surface area contributed by atoms with E-state index < -0.39 is 0 Å². The molecule has 2 rings (SSSR count). The van der Waals surface area contributed by atoms with E-state index in [4.69, 9.17) is 11.6 Å². The molecule has 0 aliphatic heterocycles. The zero-order valence-electron chi connectivity index (χ0n) is 8.02. The largest absolute Gasteiger partial charge is 0.287 e. The first-order valence-corrected chi connectivity index (χ1v) is 5.61. The Balaban J connectivity index is 2.39. The molecule has 1 heterocycles. The van der Waals surface area contributed by atoms with Crippen LogP contribution in [0.25, 0.3) is 0 Å². The highest BCUT2D eigenvalue weighted by Crippen LogP contribution is 2.24. The number of halogens is 2. The minimum Gasteiger partial charge on any atom is -0.287 e. The van der Waals surface area contributed by atoms with Gasteiger partial charge in [-0.1, -0.05) is 11.6 Å². The van der Waals surface area contributed by atoms with Crippen LogP contribution in [0.2, 0.25) is 5.02 Å². The van der Waals surface area contributed by atoms with Crippen molar-refractivity contribution in [3.8, 4) is 0 Å². The molecule has 0 N–H and O–H groups in total. The summed E-state index contributed by atoms with van der Waals surface area (Å²) in [5, 5.41) is 0.565. The third-order valence-electron chi connectivity index (χ3n) is 1.98. The van der Waals surface area contributed by atoms with E-state index in [0.29, 0.717) is 20.8 Å². The number of carbonyl (C=O) groups excluding carboxylic acids is 1. The second-order valence-corrected chi connectivity index (χ2v) is 4.31. The molecule has 0 saturated carbocycles. The molecule has 0 aliphatic carbocycles. The van der Waals surface area contributed by atoms with Crippen LogP contribution in [0.5, 0.6) is 0 Å². The topological polar surface area (TPSA) is 42.9 Å². The standard InChI is InChI=1S/C11H6BrClN2O/c12-8-5-7(1-2-9(8)13)11(16)10-6-14-3-4-15-10/h1-6H. The Bertz CT molecular complexity index is 531. The van der Waals surface area contributed by atoms with Gasteiger partial charge in [0, 0.05) is 22.4 Å². The lowest BCUT2D eigenvalue weighted by Gasteiger charge is -2.01. The number of hydrogen-bond donors (Lipinski definition) is 0. The highest BCUT2D eigenvalue weighted by molar-refractivity contribution is 9.10. The predicted molar refractivity (Wildman–Crippen MR) is 64.6 cm³/mol. The predicted octanol–water partition coefficient (Wildman–Crippen LogP) is 3.12. The van der Waals surface area contributed by atoms with E-state index in [1.54, 1.807) is 18.2 Å². The SMILES string of the molecule is O=C(c1ccc(Cl)c(Br)c1)c1cnccn1. The summed E-state index contributed by atoms with van der Waals surface area (Å²) >= 11 is 9.11. The van der Waals surface area contributed by atoms with Crippen LogP contribution in [-0.2, 0) is 0 Å². The molecule has 0 radical (unpaired) electrons. The first kappa shape index (κ1) is 11.2. The molecular formula is C11H6BrClN2O. The molecule has 0 bridgehead atoms. The lowest BCUT2D eigenvalue weighted by atomic mass is 10.1. The zero-order chi connectivity index (χ0) is 11.5. The molecule has 5 heteroatoms. The molecule has 0 saturated heterocycles. The van der Waals surface area contributed by atoms with Crippen LogP contribution >= 0.6 is 27.5 Å². The van der Waals surface area contributed by atoms with Crippen molar-refractivity contribution in [2.75, 3.05) is 0 Å². The van der Waals surface area contributed by atoms with Gasteiger partial charge in [-0.05, 0) is 34.1 Å². The smallest absolute Gasteiger partial charge is 0.212 e. The molecular weight excluding hydrogens is 291 g/mol. The second-order valence-electron chi connectivity index (χ2n) is 3.05. The van der Waals surface area contributed by atoms with Gasteiger partial charge in [0.1, 0.15) is 5.69 Å². The van der Waals surface area contributed by atoms with Gasteiger partial charge < -0.3 is 0 Å². The van der Waals surface area contributed by atoms with Crippen molar-refractivity contribution in [1.82, 2.24) is 9.97 Å². The Kier molecular flexibility index (Phi) is 3.31. The summed E-state index contributed by atoms with van der Waals surface area (Å²) < 4.78 is 0.684. The van der Waals surface area contributed by atoms with Crippen molar-refractivity contribution in [2.24, 2.45) is 0 Å². The van der Waals surface area contributed by atoms with Crippen LogP contribution in [0.1, 0.15) is 16.1 Å². The van der Waals surface area contributed by atoms with Crippen LogP contribution in [-0.4, -0.2) is 15.8 Å². The van der Waals surface area contributed by atoms with Crippen LogP contribution in [0, 0.1) is 0 Å². The summed E-state index contributed by atoms with van der Waals surface area (Å²) in [4.78, 5) is 19.7. The quantitative estimate of drug-likeness (QED) is 0.800. The van der Waals surface area contributed by atoms with Gasteiger partial charge in [0.25, 0.3) is 0 Å². The van der Waals surface area contributed by atoms with E-state index in [-0.39, 0.29) is 5.78 Å². The van der Waals surface area contributed by atoms with Gasteiger partial charge >= 0.3 is 0 Å². The van der Waals surface area contributed by atoms with Crippen molar-refractivity contribution in [1.29, 1.82) is 0 Å². The number of carbonyl (C=O) groups is 1. The molecule has 0 fully saturated rings. The van der Waals surface area contributed by atoms with Crippen LogP contribution < -0.4 is 0 Å². The number of benzene rings is 1. The number of hydrogen-bond acceptors (Lipinski definition) is 3. The number of aromatic nitrogens is 2. The highest BCUT2D eigenvalue weighted by atomic mass is 79.9. The maximum atomic E-state index is 11.9. The number of rotatable bonds is 2. The Morgan fingerprint density at radius 1 is 1.31 bits per heavy atom. The van der Waals surface area contributed by atoms with E-state index in [1.165, 1.54) is 18.6 Å². The minimum absolute atomic E-state index is 0.175. The normalized spacial score (nSPS) is 10.1. The lowest BCUT2D eigenvalue weighted by molar-refractivity contribution is 0.103. The monoisotopic (exact) mass is 296 g/mol. The third kappa shape index (κ3) is 2.28. The first-order valence-electron chi connectivity index (χ1n) is 4.44. The summed E-state index contributed by atoms with van der Waals surface area (Å²) in [5.74, 6) is -0.175. The molecule has 16 heavy (non-hydrogen) atoms. The maximum absolute atomic E-state index is 11.9. The van der Waals surface area contributed by atoms with Crippen LogP contribution in [0.4, 0.5) is 0 Å². The maximum Gasteiger partial charge on any atom is 0.212 e. The molecule has 80 valence electrons. The zero-order valence-corrected chi connectivity index (χ0v) is 10.4. The molecule has 0 unspecified atom stereocenters. The van der Waals surface area contributed by atoms with Crippen molar-refractivity contribution in [3.05, 3.63) is 57.5 Å². The average Bonchev–Trinajstić information content (AvgIpc) is 2.33. The molecule has 0 spiro atoms. The molecule has 0 aliphatic rings. The first-order chi connectivity index (χ1) is 7.68. The van der Waals surface area contributed by atoms with Crippen LogP contribution in [0.3, 0.4) is 0 Å². The van der Waals surface area contributed by atoms with Gasteiger partial charge in [0.05, 0.1) is 11.2 Å². The molecule has 1 aromatic carbocycles. The van der Waals surface area contributed by atoms with E-state index in [9.17, 15) is 4.79 Å². The number of ketones is 1. The summed E-state index contributed by atoms with van der Waals surface area (Å²) in [7, 11) is 0. The van der Waals surface area contributed by atoms with Crippen molar-refractivity contribution < 1.29 is 4.79 Å². The fraction of sp³-hybridized carbons (Fsp3) is 0. The van der Waals surface area contributed by atoms with Gasteiger partial charge in [-0.25, -0.2) is 4.98 Å². The van der Waals surface area contributed by atoms with E-state index in [0.717, 1.165) is 0 Å². The van der Waals surface area contributed by atoms with E-state index in [2.05, 4.69) is 25.9 Å². The molecule has 2 aromatic rings. The Labute approximate surface area is 106 Å². The van der Waals surface area contributed by atoms with E-state index in [1.807, 2.05) is 0 Å². The third-order valence-corrected chi connectivity index (χ3v) is 3.19. The van der Waals surface area contributed by atoms with Crippen molar-refractivity contribution >= 4 is 33.3 Å². The molecule has 3 nitrogen and oxygen atoms in total. The van der Waals surface area contributed by atoms with Crippen molar-refractivity contribution in [2.45, 2.75) is 0 Å². The Morgan fingerprint density at radius 3 is 2.75 bits per heavy atom. The van der Waals surface area contributed by atoms with Gasteiger partial charge in [-0.3, -0.25) is 9.78 Å². The highest BCUT2D eigenvalue weighted by Gasteiger charge is 2.11. The van der Waals surface area contributed by atoms with Crippen LogP contribution in [0.15, 0.2) is 41.3 Å². The Morgan fingerprint density at radius 2 is 2.12 bits per heavy atom. The summed E-state index contributed by atoms with van der Waals surface area (Å²) in [6, 6.07) is 4.98. The minimum atomic E-state index is -0.175. The summed E-state index contributed by atoms with van der Waals surface area (Å²) in [5.41, 5.74) is 0.841.